The van der Waals surface area contributed by atoms with Crippen LogP contribution in [0.2, 0.25) is 0 Å². The molecule has 0 spiro atoms. The highest BCUT2D eigenvalue weighted by atomic mass is 19.1. The van der Waals surface area contributed by atoms with Gasteiger partial charge in [0.25, 0.3) is 0 Å². The molecule has 0 unspecified atom stereocenters. The molecular formula is C15H19FN2O2. The first-order valence-electron chi connectivity index (χ1n) is 6.41. The smallest absolute Gasteiger partial charge is 0.222 e. The lowest BCUT2D eigenvalue weighted by Gasteiger charge is -2.16. The standard InChI is InChI=1S/C15H19FN2O2/c1-15(2,3)13-12(9-19)14(20-4)18(17-13)11-7-5-6-10(16)8-11/h5-8,19H,9H2,1-4H3. The third kappa shape index (κ3) is 2.54. The summed E-state index contributed by atoms with van der Waals surface area (Å²) in [7, 11) is 1.51. The van der Waals surface area contributed by atoms with E-state index in [0.29, 0.717) is 17.1 Å². The van der Waals surface area contributed by atoms with Crippen LogP contribution in [0.4, 0.5) is 4.39 Å². The maximum Gasteiger partial charge on any atom is 0.222 e. The molecule has 0 aliphatic rings. The molecule has 2 rings (SSSR count). The van der Waals surface area contributed by atoms with Crippen molar-refractivity contribution in [1.82, 2.24) is 9.78 Å². The zero-order chi connectivity index (χ0) is 14.9. The van der Waals surface area contributed by atoms with Gasteiger partial charge in [0.05, 0.1) is 30.7 Å². The predicted octanol–water partition coefficient (Wildman–Crippen LogP) is 2.81. The van der Waals surface area contributed by atoms with E-state index < -0.39 is 0 Å². The topological polar surface area (TPSA) is 47.3 Å². The fourth-order valence-electron chi connectivity index (χ4n) is 2.17. The first-order chi connectivity index (χ1) is 9.38. The number of aromatic nitrogens is 2. The normalized spacial score (nSPS) is 11.7. The first-order valence-corrected chi connectivity index (χ1v) is 6.41. The van der Waals surface area contributed by atoms with Gasteiger partial charge in [0.1, 0.15) is 5.82 Å². The van der Waals surface area contributed by atoms with Crippen molar-refractivity contribution < 1.29 is 14.2 Å². The van der Waals surface area contributed by atoms with Gasteiger partial charge in [0, 0.05) is 5.41 Å². The van der Waals surface area contributed by atoms with Crippen LogP contribution >= 0.6 is 0 Å². The molecule has 4 nitrogen and oxygen atoms in total. The number of rotatable bonds is 3. The summed E-state index contributed by atoms with van der Waals surface area (Å²) in [6, 6.07) is 6.10. The van der Waals surface area contributed by atoms with Crippen LogP contribution in [-0.4, -0.2) is 22.0 Å². The van der Waals surface area contributed by atoms with E-state index in [-0.39, 0.29) is 17.8 Å². The maximum atomic E-state index is 13.4. The van der Waals surface area contributed by atoms with E-state index >= 15 is 0 Å². The summed E-state index contributed by atoms with van der Waals surface area (Å²) in [5, 5.41) is 14.1. The average molecular weight is 278 g/mol. The Morgan fingerprint density at radius 3 is 2.55 bits per heavy atom. The van der Waals surface area contributed by atoms with Gasteiger partial charge in [-0.05, 0) is 18.2 Å². The van der Waals surface area contributed by atoms with Crippen molar-refractivity contribution in [1.29, 1.82) is 0 Å². The van der Waals surface area contributed by atoms with Gasteiger partial charge in [-0.25, -0.2) is 9.07 Å². The molecule has 20 heavy (non-hydrogen) atoms. The van der Waals surface area contributed by atoms with Crippen molar-refractivity contribution in [2.45, 2.75) is 32.8 Å². The summed E-state index contributed by atoms with van der Waals surface area (Å²) in [5.41, 5.74) is 1.68. The van der Waals surface area contributed by atoms with Gasteiger partial charge in [-0.1, -0.05) is 26.8 Å². The van der Waals surface area contributed by atoms with Crippen molar-refractivity contribution in [3.63, 3.8) is 0 Å². The van der Waals surface area contributed by atoms with Crippen LogP contribution in [-0.2, 0) is 12.0 Å². The van der Waals surface area contributed by atoms with Crippen LogP contribution in [0.25, 0.3) is 5.69 Å². The lowest BCUT2D eigenvalue weighted by Crippen LogP contribution is -2.15. The maximum absolute atomic E-state index is 13.4. The third-order valence-electron chi connectivity index (χ3n) is 3.05. The summed E-state index contributed by atoms with van der Waals surface area (Å²) in [6.07, 6.45) is 0. The Bertz CT molecular complexity index is 615. The molecule has 1 heterocycles. The Labute approximate surface area is 117 Å². The Morgan fingerprint density at radius 1 is 1.35 bits per heavy atom. The van der Waals surface area contributed by atoms with Gasteiger partial charge in [0.2, 0.25) is 5.88 Å². The van der Waals surface area contributed by atoms with Gasteiger partial charge < -0.3 is 9.84 Å². The molecule has 0 atom stereocenters. The van der Waals surface area contributed by atoms with Crippen molar-refractivity contribution in [2.24, 2.45) is 0 Å². The lowest BCUT2D eigenvalue weighted by atomic mass is 9.89. The van der Waals surface area contributed by atoms with E-state index in [0.717, 1.165) is 5.69 Å². The highest BCUT2D eigenvalue weighted by Gasteiger charge is 2.27. The Balaban J connectivity index is 2.68. The average Bonchev–Trinajstić information content (AvgIpc) is 2.76. The molecule has 0 saturated carbocycles. The van der Waals surface area contributed by atoms with Gasteiger partial charge >= 0.3 is 0 Å². The second kappa shape index (κ2) is 5.25. The second-order valence-corrected chi connectivity index (χ2v) is 5.64. The number of hydrogen-bond donors (Lipinski definition) is 1. The van der Waals surface area contributed by atoms with E-state index in [1.165, 1.54) is 23.9 Å². The van der Waals surface area contributed by atoms with E-state index in [1.807, 2.05) is 20.8 Å². The summed E-state index contributed by atoms with van der Waals surface area (Å²) < 4.78 is 20.3. The molecule has 1 aromatic carbocycles. The summed E-state index contributed by atoms with van der Waals surface area (Å²) in [4.78, 5) is 0. The number of aliphatic hydroxyl groups excluding tert-OH is 1. The van der Waals surface area contributed by atoms with Gasteiger partial charge in [-0.3, -0.25) is 0 Å². The predicted molar refractivity (Wildman–Crippen MR) is 74.7 cm³/mol. The molecular weight excluding hydrogens is 259 g/mol. The molecule has 0 aliphatic carbocycles. The summed E-state index contributed by atoms with van der Waals surface area (Å²) >= 11 is 0. The molecule has 2 aromatic rings. The van der Waals surface area contributed by atoms with E-state index in [9.17, 15) is 9.50 Å². The second-order valence-electron chi connectivity index (χ2n) is 5.64. The minimum atomic E-state index is -0.345. The molecule has 1 aromatic heterocycles. The number of hydrogen-bond acceptors (Lipinski definition) is 3. The zero-order valence-corrected chi connectivity index (χ0v) is 12.1. The van der Waals surface area contributed by atoms with Crippen molar-refractivity contribution in [3.8, 4) is 11.6 Å². The Hall–Kier alpha value is -1.88. The van der Waals surface area contributed by atoms with Gasteiger partial charge in [-0.2, -0.15) is 5.10 Å². The molecule has 5 heteroatoms. The fraction of sp³-hybridized carbons (Fsp3) is 0.400. The number of methoxy groups -OCH3 is 1. The largest absolute Gasteiger partial charge is 0.481 e. The van der Waals surface area contributed by atoms with Crippen LogP contribution in [0.1, 0.15) is 32.0 Å². The first kappa shape index (κ1) is 14.5. The van der Waals surface area contributed by atoms with Crippen molar-refractivity contribution in [2.75, 3.05) is 7.11 Å². The molecule has 0 amide bonds. The Kier molecular flexibility index (Phi) is 3.81. The minimum Gasteiger partial charge on any atom is -0.481 e. The third-order valence-corrected chi connectivity index (χ3v) is 3.05. The van der Waals surface area contributed by atoms with Crippen LogP contribution in [0.3, 0.4) is 0 Å². The van der Waals surface area contributed by atoms with E-state index in [1.54, 1.807) is 12.1 Å². The molecule has 0 fully saturated rings. The SMILES string of the molecule is COc1c(CO)c(C(C)(C)C)nn1-c1cccc(F)c1. The number of halogens is 1. The molecule has 0 bridgehead atoms. The fourth-order valence-corrected chi connectivity index (χ4v) is 2.17. The summed E-state index contributed by atoms with van der Waals surface area (Å²) in [6.45, 7) is 5.84. The number of ether oxygens (including phenoxy) is 1. The van der Waals surface area contributed by atoms with Crippen LogP contribution < -0.4 is 4.74 Å². The van der Waals surface area contributed by atoms with Crippen LogP contribution in [0.15, 0.2) is 24.3 Å². The van der Waals surface area contributed by atoms with Crippen molar-refractivity contribution in [3.05, 3.63) is 41.3 Å². The highest BCUT2D eigenvalue weighted by Crippen LogP contribution is 2.33. The highest BCUT2D eigenvalue weighted by molar-refractivity contribution is 5.43. The minimum absolute atomic E-state index is 0.176. The molecule has 0 saturated heterocycles. The van der Waals surface area contributed by atoms with Crippen molar-refractivity contribution >= 4 is 0 Å². The molecule has 108 valence electrons. The van der Waals surface area contributed by atoms with Gasteiger partial charge in [-0.15, -0.1) is 0 Å². The zero-order valence-electron chi connectivity index (χ0n) is 12.1. The number of nitrogens with zero attached hydrogens (tertiary/aromatic N) is 2. The Morgan fingerprint density at radius 2 is 2.05 bits per heavy atom. The van der Waals surface area contributed by atoms with Gasteiger partial charge in [0.15, 0.2) is 0 Å². The van der Waals surface area contributed by atoms with E-state index in [2.05, 4.69) is 5.10 Å². The number of benzene rings is 1. The lowest BCUT2D eigenvalue weighted by molar-refractivity contribution is 0.269. The van der Waals surface area contributed by atoms with E-state index in [4.69, 9.17) is 4.74 Å². The quantitative estimate of drug-likeness (QED) is 0.939. The summed E-state index contributed by atoms with van der Waals surface area (Å²) in [5.74, 6) is 0.0888. The molecule has 0 aliphatic heterocycles. The monoisotopic (exact) mass is 278 g/mol. The van der Waals surface area contributed by atoms with Crippen LogP contribution in [0, 0.1) is 5.82 Å². The molecule has 0 radical (unpaired) electrons. The number of aliphatic hydroxyl groups is 1. The molecule has 1 N–H and O–H groups in total. The van der Waals surface area contributed by atoms with Crippen LogP contribution in [0.5, 0.6) is 5.88 Å².